The number of nitriles is 2. The van der Waals surface area contributed by atoms with E-state index in [0.29, 0.717) is 11.1 Å². The lowest BCUT2D eigenvalue weighted by Crippen LogP contribution is -1.96. The molecule has 8 rings (SSSR count). The molecule has 2 aromatic heterocycles. The summed E-state index contributed by atoms with van der Waals surface area (Å²) in [5.41, 5.74) is 9.49. The Labute approximate surface area is 242 Å². The minimum absolute atomic E-state index is 0.463. The van der Waals surface area contributed by atoms with Crippen molar-refractivity contribution < 1.29 is 0 Å². The van der Waals surface area contributed by atoms with Gasteiger partial charge in [0.2, 0.25) is 0 Å². The Morgan fingerprint density at radius 3 is 1.76 bits per heavy atom. The van der Waals surface area contributed by atoms with Gasteiger partial charge in [0, 0.05) is 32.9 Å². The lowest BCUT2D eigenvalue weighted by Gasteiger charge is -2.11. The number of benzene rings is 6. The summed E-state index contributed by atoms with van der Waals surface area (Å²) in [6, 6.07) is 50.3. The molecule has 4 heteroatoms. The van der Waals surface area contributed by atoms with Crippen LogP contribution < -0.4 is 0 Å². The maximum absolute atomic E-state index is 9.67. The minimum atomic E-state index is 0.463. The van der Waals surface area contributed by atoms with Crippen LogP contribution in [-0.2, 0) is 0 Å². The summed E-state index contributed by atoms with van der Waals surface area (Å²) in [6.07, 6.45) is 0. The van der Waals surface area contributed by atoms with E-state index in [-0.39, 0.29) is 0 Å². The highest BCUT2D eigenvalue weighted by Gasteiger charge is 2.18. The fourth-order valence-electron chi connectivity index (χ4n) is 6.40. The zero-order chi connectivity index (χ0) is 28.2. The van der Waals surface area contributed by atoms with Gasteiger partial charge in [0.25, 0.3) is 0 Å². The quantitative estimate of drug-likeness (QED) is 0.227. The Morgan fingerprint density at radius 1 is 0.429 bits per heavy atom. The molecule has 8 aromatic rings. The third-order valence-corrected chi connectivity index (χ3v) is 8.13. The Kier molecular flexibility index (Phi) is 5.22. The average Bonchev–Trinajstić information content (AvgIpc) is 3.57. The molecule has 2 heterocycles. The smallest absolute Gasteiger partial charge is 0.0992 e. The van der Waals surface area contributed by atoms with E-state index >= 15 is 0 Å². The number of rotatable bonds is 3. The van der Waals surface area contributed by atoms with Crippen molar-refractivity contribution in [2.45, 2.75) is 0 Å². The van der Waals surface area contributed by atoms with Gasteiger partial charge in [0.15, 0.2) is 0 Å². The molecule has 0 aliphatic rings. The summed E-state index contributed by atoms with van der Waals surface area (Å²) < 4.78 is 4.50. The molecule has 0 unspecified atom stereocenters. The van der Waals surface area contributed by atoms with Crippen molar-refractivity contribution in [2.24, 2.45) is 0 Å². The number of hydrogen-bond donors (Lipinski definition) is 0. The maximum Gasteiger partial charge on any atom is 0.0992 e. The highest BCUT2D eigenvalue weighted by Crippen LogP contribution is 2.41. The third-order valence-electron chi connectivity index (χ3n) is 8.13. The zero-order valence-electron chi connectivity index (χ0n) is 22.5. The first-order chi connectivity index (χ1) is 20.7. The Morgan fingerprint density at radius 2 is 1.02 bits per heavy atom. The van der Waals surface area contributed by atoms with E-state index in [1.54, 1.807) is 6.07 Å². The van der Waals surface area contributed by atoms with Crippen molar-refractivity contribution >= 4 is 43.6 Å². The first-order valence-electron chi connectivity index (χ1n) is 13.8. The van der Waals surface area contributed by atoms with Gasteiger partial charge < -0.3 is 9.13 Å². The second-order valence-electron chi connectivity index (χ2n) is 10.5. The normalized spacial score (nSPS) is 11.3. The highest BCUT2D eigenvalue weighted by atomic mass is 15.0. The lowest BCUT2D eigenvalue weighted by atomic mass is 9.98. The molecule has 0 saturated carbocycles. The second kappa shape index (κ2) is 9.24. The molecule has 0 bridgehead atoms. The zero-order valence-corrected chi connectivity index (χ0v) is 22.5. The predicted octanol–water partition coefficient (Wildman–Crippen LogP) is 9.29. The fraction of sp³-hybridized carbons (Fsp3) is 0. The molecule has 0 saturated heterocycles. The standard InChI is InChI=1S/C38H22N4/c39-23-25-19-26(24-40)21-29(20-25)42-35-15-7-5-12-33(35)38-30(13-8-16-36(38)42)27-17-18-32-31-11-4-6-14-34(31)41(37(32)22-27)28-9-2-1-3-10-28/h1-22H. The van der Waals surface area contributed by atoms with Gasteiger partial charge >= 0.3 is 0 Å². The van der Waals surface area contributed by atoms with Crippen LogP contribution in [0.2, 0.25) is 0 Å². The largest absolute Gasteiger partial charge is 0.309 e. The number of para-hydroxylation sites is 3. The Bertz CT molecular complexity index is 2400. The van der Waals surface area contributed by atoms with Crippen LogP contribution in [0.1, 0.15) is 11.1 Å². The molecule has 4 nitrogen and oxygen atoms in total. The van der Waals surface area contributed by atoms with E-state index in [4.69, 9.17) is 0 Å². The Balaban J connectivity index is 1.45. The van der Waals surface area contributed by atoms with Crippen molar-refractivity contribution in [1.82, 2.24) is 9.13 Å². The van der Waals surface area contributed by atoms with Crippen LogP contribution in [0.25, 0.3) is 66.1 Å². The summed E-state index contributed by atoms with van der Waals surface area (Å²) in [5, 5.41) is 24.0. The maximum atomic E-state index is 9.67. The second-order valence-corrected chi connectivity index (χ2v) is 10.5. The number of fused-ring (bicyclic) bond motifs is 6. The van der Waals surface area contributed by atoms with Crippen molar-refractivity contribution in [3.05, 3.63) is 145 Å². The van der Waals surface area contributed by atoms with E-state index in [0.717, 1.165) is 49.8 Å². The van der Waals surface area contributed by atoms with Crippen LogP contribution in [0.15, 0.2) is 133 Å². The Hall–Kier alpha value is -6.10. The van der Waals surface area contributed by atoms with E-state index in [2.05, 4.69) is 124 Å². The molecule has 42 heavy (non-hydrogen) atoms. The molecule has 0 spiro atoms. The van der Waals surface area contributed by atoms with Crippen LogP contribution in [0.5, 0.6) is 0 Å². The predicted molar refractivity (Wildman–Crippen MR) is 170 cm³/mol. The molecule has 0 aliphatic heterocycles. The van der Waals surface area contributed by atoms with E-state index < -0.39 is 0 Å². The molecule has 0 fully saturated rings. The SMILES string of the molecule is N#Cc1cc(C#N)cc(-n2c3ccccc3c3c(-c4ccc5c6ccccc6n(-c6ccccc6)c5c4)cccc32)c1. The van der Waals surface area contributed by atoms with Crippen molar-refractivity contribution in [2.75, 3.05) is 0 Å². The molecule has 0 amide bonds. The molecule has 0 aliphatic carbocycles. The minimum Gasteiger partial charge on any atom is -0.309 e. The van der Waals surface area contributed by atoms with Crippen LogP contribution >= 0.6 is 0 Å². The summed E-state index contributed by atoms with van der Waals surface area (Å²) >= 11 is 0. The fourth-order valence-corrected chi connectivity index (χ4v) is 6.40. The van der Waals surface area contributed by atoms with E-state index in [1.807, 2.05) is 24.3 Å². The van der Waals surface area contributed by atoms with Crippen LogP contribution in [0.3, 0.4) is 0 Å². The summed E-state index contributed by atoms with van der Waals surface area (Å²) in [6.45, 7) is 0. The summed E-state index contributed by atoms with van der Waals surface area (Å²) in [5.74, 6) is 0. The van der Waals surface area contributed by atoms with Gasteiger partial charge in [0.05, 0.1) is 45.3 Å². The number of hydrogen-bond acceptors (Lipinski definition) is 2. The van der Waals surface area contributed by atoms with Crippen LogP contribution in [0, 0.1) is 22.7 Å². The summed E-state index contributed by atoms with van der Waals surface area (Å²) in [7, 11) is 0. The highest BCUT2D eigenvalue weighted by molar-refractivity contribution is 6.17. The van der Waals surface area contributed by atoms with Crippen molar-refractivity contribution in [1.29, 1.82) is 10.5 Å². The molecule has 194 valence electrons. The third kappa shape index (κ3) is 3.47. The number of aromatic nitrogens is 2. The van der Waals surface area contributed by atoms with Crippen LogP contribution in [0.4, 0.5) is 0 Å². The van der Waals surface area contributed by atoms with Gasteiger partial charge in [-0.15, -0.1) is 0 Å². The van der Waals surface area contributed by atoms with Gasteiger partial charge in [-0.2, -0.15) is 10.5 Å². The van der Waals surface area contributed by atoms with Gasteiger partial charge in [-0.3, -0.25) is 0 Å². The van der Waals surface area contributed by atoms with Gasteiger partial charge in [-0.05, 0) is 65.7 Å². The molecule has 0 atom stereocenters. The first-order valence-corrected chi connectivity index (χ1v) is 13.8. The monoisotopic (exact) mass is 534 g/mol. The molecule has 0 radical (unpaired) electrons. The van der Waals surface area contributed by atoms with Gasteiger partial charge in [-0.25, -0.2) is 0 Å². The van der Waals surface area contributed by atoms with Crippen LogP contribution in [-0.4, -0.2) is 9.13 Å². The molecular weight excluding hydrogens is 512 g/mol. The van der Waals surface area contributed by atoms with Gasteiger partial charge in [0.1, 0.15) is 0 Å². The summed E-state index contributed by atoms with van der Waals surface area (Å²) in [4.78, 5) is 0. The molecule has 0 N–H and O–H groups in total. The van der Waals surface area contributed by atoms with E-state index in [9.17, 15) is 10.5 Å². The average molecular weight is 535 g/mol. The first kappa shape index (κ1) is 23.8. The van der Waals surface area contributed by atoms with Crippen molar-refractivity contribution in [3.8, 4) is 34.6 Å². The number of nitrogens with zero attached hydrogens (tertiary/aromatic N) is 4. The molecular formula is C38H22N4. The van der Waals surface area contributed by atoms with Gasteiger partial charge in [-0.1, -0.05) is 78.9 Å². The van der Waals surface area contributed by atoms with Crippen molar-refractivity contribution in [3.63, 3.8) is 0 Å². The topological polar surface area (TPSA) is 57.4 Å². The lowest BCUT2D eigenvalue weighted by molar-refractivity contribution is 1.17. The molecule has 6 aromatic carbocycles. The van der Waals surface area contributed by atoms with E-state index in [1.165, 1.54) is 16.3 Å².